The zero-order chi connectivity index (χ0) is 17.1. The largest absolute Gasteiger partial charge is 0.496 e. The summed E-state index contributed by atoms with van der Waals surface area (Å²) in [7, 11) is 1.34. The first-order valence-corrected chi connectivity index (χ1v) is 6.73. The lowest BCUT2D eigenvalue weighted by Crippen LogP contribution is -2.40. The number of carbonyl (C=O) groups is 1. The molecule has 1 unspecified atom stereocenters. The van der Waals surface area contributed by atoms with Crippen LogP contribution in [0.2, 0.25) is 0 Å². The first-order chi connectivity index (χ1) is 9.97. The van der Waals surface area contributed by atoms with E-state index in [0.717, 1.165) is 0 Å². The Morgan fingerprint density at radius 2 is 1.86 bits per heavy atom. The van der Waals surface area contributed by atoms with Crippen LogP contribution in [0.1, 0.15) is 33.3 Å². The molecule has 0 spiro atoms. The molecule has 0 saturated carbocycles. The second kappa shape index (κ2) is 6.48. The molecule has 0 fully saturated rings. The summed E-state index contributed by atoms with van der Waals surface area (Å²) in [6.45, 7) is 6.42. The van der Waals surface area contributed by atoms with Gasteiger partial charge in [-0.25, -0.2) is 13.6 Å². The quantitative estimate of drug-likeness (QED) is 0.892. The monoisotopic (exact) mass is 316 g/mol. The van der Waals surface area contributed by atoms with E-state index in [4.69, 9.17) is 15.2 Å². The smallest absolute Gasteiger partial charge is 0.412 e. The minimum atomic E-state index is -2.76. The van der Waals surface area contributed by atoms with Crippen LogP contribution in [0.25, 0.3) is 0 Å². The van der Waals surface area contributed by atoms with E-state index in [-0.39, 0.29) is 11.3 Å². The van der Waals surface area contributed by atoms with Gasteiger partial charge in [0.2, 0.25) is 0 Å². The van der Waals surface area contributed by atoms with Gasteiger partial charge in [0, 0.05) is 17.3 Å². The van der Waals surface area contributed by atoms with Gasteiger partial charge in [0.25, 0.3) is 6.43 Å². The van der Waals surface area contributed by atoms with Crippen LogP contribution < -0.4 is 15.8 Å². The summed E-state index contributed by atoms with van der Waals surface area (Å²) in [5.74, 6) is 0.166. The summed E-state index contributed by atoms with van der Waals surface area (Å²) in [5.41, 5.74) is 3.67. The molecule has 1 amide bonds. The maximum atomic E-state index is 13.0. The molecule has 0 bridgehead atoms. The molecule has 3 N–H and O–H groups in total. The van der Waals surface area contributed by atoms with Crippen molar-refractivity contribution in [1.82, 2.24) is 0 Å². The third-order valence-electron chi connectivity index (χ3n) is 2.88. The van der Waals surface area contributed by atoms with Crippen LogP contribution in [0.3, 0.4) is 0 Å². The summed E-state index contributed by atoms with van der Waals surface area (Å²) in [6.07, 6.45) is -3.40. The standard InChI is InChI=1S/C15H22F2N2O3/c1-14(2,3)22-13(20)19-9-6-7-10(11(8-9)21-5)15(4,18)12(16)17/h6-8,12H,18H2,1-5H3,(H,19,20). The molecule has 0 aliphatic carbocycles. The SMILES string of the molecule is COc1cc(NC(=O)OC(C)(C)C)ccc1C(C)(N)C(F)F. The summed E-state index contributed by atoms with van der Waals surface area (Å²) >= 11 is 0. The van der Waals surface area contributed by atoms with Gasteiger partial charge < -0.3 is 15.2 Å². The highest BCUT2D eigenvalue weighted by Gasteiger charge is 2.35. The number of carbonyl (C=O) groups excluding carboxylic acids is 1. The fraction of sp³-hybridized carbons (Fsp3) is 0.533. The second-order valence-corrected chi connectivity index (χ2v) is 6.13. The lowest BCUT2D eigenvalue weighted by atomic mass is 9.92. The number of anilines is 1. The van der Waals surface area contributed by atoms with Crippen LogP contribution >= 0.6 is 0 Å². The number of amides is 1. The molecule has 0 aromatic heterocycles. The van der Waals surface area contributed by atoms with Crippen LogP contribution in [0.15, 0.2) is 18.2 Å². The maximum Gasteiger partial charge on any atom is 0.412 e. The number of halogens is 2. The number of hydrogen-bond acceptors (Lipinski definition) is 4. The van der Waals surface area contributed by atoms with E-state index in [2.05, 4.69) is 5.32 Å². The molecule has 1 aromatic carbocycles. The molecule has 7 heteroatoms. The highest BCUT2D eigenvalue weighted by atomic mass is 19.3. The van der Waals surface area contributed by atoms with Gasteiger partial charge in [0.05, 0.1) is 7.11 Å². The van der Waals surface area contributed by atoms with Crippen molar-refractivity contribution < 1.29 is 23.0 Å². The van der Waals surface area contributed by atoms with Crippen molar-refractivity contribution in [2.45, 2.75) is 45.3 Å². The lowest BCUT2D eigenvalue weighted by molar-refractivity contribution is 0.0608. The minimum absolute atomic E-state index is 0.153. The molecule has 1 rings (SSSR count). The lowest BCUT2D eigenvalue weighted by Gasteiger charge is -2.26. The van der Waals surface area contributed by atoms with E-state index in [1.165, 1.54) is 32.2 Å². The molecule has 1 aromatic rings. The van der Waals surface area contributed by atoms with E-state index >= 15 is 0 Å². The van der Waals surface area contributed by atoms with Crippen molar-refractivity contribution in [3.8, 4) is 5.75 Å². The van der Waals surface area contributed by atoms with E-state index in [1.807, 2.05) is 0 Å². The Kier molecular flexibility index (Phi) is 5.35. The van der Waals surface area contributed by atoms with Gasteiger partial charge in [0.1, 0.15) is 16.9 Å². The number of nitrogens with one attached hydrogen (secondary N) is 1. The van der Waals surface area contributed by atoms with Crippen LogP contribution in [0.4, 0.5) is 19.3 Å². The number of benzene rings is 1. The molecule has 22 heavy (non-hydrogen) atoms. The number of rotatable bonds is 4. The zero-order valence-electron chi connectivity index (χ0n) is 13.4. The average Bonchev–Trinajstić information content (AvgIpc) is 2.35. The second-order valence-electron chi connectivity index (χ2n) is 6.13. The Labute approximate surface area is 128 Å². The minimum Gasteiger partial charge on any atom is -0.496 e. The number of nitrogens with two attached hydrogens (primary N) is 1. The predicted molar refractivity (Wildman–Crippen MR) is 80.4 cm³/mol. The van der Waals surface area contributed by atoms with Gasteiger partial charge in [-0.2, -0.15) is 0 Å². The van der Waals surface area contributed by atoms with Crippen LogP contribution in [0, 0.1) is 0 Å². The van der Waals surface area contributed by atoms with Gasteiger partial charge in [-0.3, -0.25) is 5.32 Å². The van der Waals surface area contributed by atoms with E-state index in [0.29, 0.717) is 5.69 Å². The Morgan fingerprint density at radius 1 is 1.27 bits per heavy atom. The molecule has 0 radical (unpaired) electrons. The zero-order valence-corrected chi connectivity index (χ0v) is 13.4. The highest BCUT2D eigenvalue weighted by molar-refractivity contribution is 5.85. The van der Waals surface area contributed by atoms with Gasteiger partial charge >= 0.3 is 6.09 Å². The van der Waals surface area contributed by atoms with Crippen molar-refractivity contribution in [3.05, 3.63) is 23.8 Å². The molecular weight excluding hydrogens is 294 g/mol. The fourth-order valence-electron chi connectivity index (χ4n) is 1.75. The Bertz CT molecular complexity index is 540. The molecule has 5 nitrogen and oxygen atoms in total. The topological polar surface area (TPSA) is 73.6 Å². The molecule has 124 valence electrons. The third kappa shape index (κ3) is 4.56. The average molecular weight is 316 g/mol. The number of hydrogen-bond donors (Lipinski definition) is 2. The first kappa shape index (κ1) is 18.2. The molecule has 0 heterocycles. The molecule has 0 saturated heterocycles. The first-order valence-electron chi connectivity index (χ1n) is 6.73. The number of alkyl halides is 2. The summed E-state index contributed by atoms with van der Waals surface area (Å²) in [6, 6.07) is 4.29. The van der Waals surface area contributed by atoms with Crippen molar-refractivity contribution in [2.24, 2.45) is 5.73 Å². The van der Waals surface area contributed by atoms with Crippen molar-refractivity contribution in [3.63, 3.8) is 0 Å². The Balaban J connectivity index is 3.01. The fourth-order valence-corrected chi connectivity index (χ4v) is 1.75. The Hall–Kier alpha value is -1.89. The van der Waals surface area contributed by atoms with E-state index in [1.54, 1.807) is 20.8 Å². The molecule has 0 aliphatic rings. The van der Waals surface area contributed by atoms with Crippen LogP contribution in [0.5, 0.6) is 5.75 Å². The van der Waals surface area contributed by atoms with Crippen LogP contribution in [-0.2, 0) is 10.3 Å². The number of methoxy groups -OCH3 is 1. The van der Waals surface area contributed by atoms with Crippen LogP contribution in [-0.4, -0.2) is 25.2 Å². The maximum absolute atomic E-state index is 13.0. The van der Waals surface area contributed by atoms with Gasteiger partial charge in [-0.05, 0) is 33.8 Å². The molecule has 1 atom stereocenters. The normalized spacial score (nSPS) is 14.4. The third-order valence-corrected chi connectivity index (χ3v) is 2.88. The van der Waals surface area contributed by atoms with Crippen molar-refractivity contribution >= 4 is 11.8 Å². The number of ether oxygens (including phenoxy) is 2. The Morgan fingerprint density at radius 3 is 2.32 bits per heavy atom. The van der Waals surface area contributed by atoms with Gasteiger partial charge in [-0.1, -0.05) is 6.07 Å². The van der Waals surface area contributed by atoms with Crippen molar-refractivity contribution in [2.75, 3.05) is 12.4 Å². The summed E-state index contributed by atoms with van der Waals surface area (Å²) < 4.78 is 36.3. The summed E-state index contributed by atoms with van der Waals surface area (Å²) in [5, 5.41) is 2.51. The molecular formula is C15H22F2N2O3. The van der Waals surface area contributed by atoms with E-state index < -0.39 is 23.7 Å². The summed E-state index contributed by atoms with van der Waals surface area (Å²) in [4.78, 5) is 11.7. The predicted octanol–water partition coefficient (Wildman–Crippen LogP) is 3.48. The van der Waals surface area contributed by atoms with Crippen molar-refractivity contribution in [1.29, 1.82) is 0 Å². The van der Waals surface area contributed by atoms with Gasteiger partial charge in [0.15, 0.2) is 0 Å². The molecule has 0 aliphatic heterocycles. The van der Waals surface area contributed by atoms with Gasteiger partial charge in [-0.15, -0.1) is 0 Å². The van der Waals surface area contributed by atoms with E-state index in [9.17, 15) is 13.6 Å². The highest BCUT2D eigenvalue weighted by Crippen LogP contribution is 2.34.